The second-order valence-corrected chi connectivity index (χ2v) is 6.00. The molecule has 0 radical (unpaired) electrons. The molecule has 6 nitrogen and oxygen atoms in total. The van der Waals surface area contributed by atoms with E-state index in [0.717, 1.165) is 17.2 Å². The standard InChI is InChI=1S/C18H20FN5O/c1-23(2)16-11-12(7-9-20-16)18(25)21-10-8-15-22-17-13(19)5-4-6-14(17)24(15)3/h4-7,9,11H,8,10H2,1-3H3,(H,21,25). The summed E-state index contributed by atoms with van der Waals surface area (Å²) in [5.74, 6) is 0.939. The third kappa shape index (κ3) is 3.45. The highest BCUT2D eigenvalue weighted by molar-refractivity contribution is 5.94. The molecule has 3 rings (SSSR count). The van der Waals surface area contributed by atoms with Gasteiger partial charge in [-0.05, 0) is 24.3 Å². The molecule has 0 aliphatic rings. The Morgan fingerprint density at radius 1 is 1.32 bits per heavy atom. The van der Waals surface area contributed by atoms with Crippen LogP contribution in [0.15, 0.2) is 36.5 Å². The van der Waals surface area contributed by atoms with Crippen molar-refractivity contribution in [3.05, 3.63) is 53.7 Å². The van der Waals surface area contributed by atoms with Crippen LogP contribution in [0.25, 0.3) is 11.0 Å². The van der Waals surface area contributed by atoms with Gasteiger partial charge in [0, 0.05) is 45.9 Å². The Labute approximate surface area is 145 Å². The first-order valence-corrected chi connectivity index (χ1v) is 7.99. The van der Waals surface area contributed by atoms with Gasteiger partial charge in [0.25, 0.3) is 5.91 Å². The SMILES string of the molecule is CN(C)c1cc(C(=O)NCCc2nc3c(F)cccc3n2C)ccn1. The van der Waals surface area contributed by atoms with Crippen molar-refractivity contribution in [2.24, 2.45) is 7.05 Å². The molecule has 0 atom stereocenters. The predicted molar refractivity (Wildman–Crippen MR) is 95.3 cm³/mol. The minimum absolute atomic E-state index is 0.171. The van der Waals surface area contributed by atoms with Gasteiger partial charge in [0.05, 0.1) is 5.52 Å². The van der Waals surface area contributed by atoms with Crippen molar-refractivity contribution >= 4 is 22.8 Å². The van der Waals surface area contributed by atoms with Gasteiger partial charge < -0.3 is 14.8 Å². The lowest BCUT2D eigenvalue weighted by Crippen LogP contribution is -2.26. The number of aryl methyl sites for hydroxylation is 1. The topological polar surface area (TPSA) is 63.1 Å². The average molecular weight is 341 g/mol. The van der Waals surface area contributed by atoms with Crippen LogP contribution in [0.2, 0.25) is 0 Å². The highest BCUT2D eigenvalue weighted by atomic mass is 19.1. The van der Waals surface area contributed by atoms with Crippen LogP contribution in [0.1, 0.15) is 16.2 Å². The monoisotopic (exact) mass is 341 g/mol. The zero-order valence-electron chi connectivity index (χ0n) is 14.5. The van der Waals surface area contributed by atoms with E-state index in [9.17, 15) is 9.18 Å². The van der Waals surface area contributed by atoms with Gasteiger partial charge in [-0.3, -0.25) is 4.79 Å². The largest absolute Gasteiger partial charge is 0.363 e. The minimum atomic E-state index is -0.337. The summed E-state index contributed by atoms with van der Waals surface area (Å²) in [6.07, 6.45) is 2.13. The number of anilines is 1. The maximum absolute atomic E-state index is 13.8. The number of hydrogen-bond donors (Lipinski definition) is 1. The number of amides is 1. The van der Waals surface area contributed by atoms with Crippen molar-refractivity contribution in [1.29, 1.82) is 0 Å². The number of carbonyl (C=O) groups is 1. The van der Waals surface area contributed by atoms with Gasteiger partial charge in [0.1, 0.15) is 17.2 Å². The van der Waals surface area contributed by atoms with E-state index in [1.54, 1.807) is 24.4 Å². The zero-order valence-corrected chi connectivity index (χ0v) is 14.5. The second-order valence-electron chi connectivity index (χ2n) is 6.00. The van der Waals surface area contributed by atoms with E-state index < -0.39 is 0 Å². The van der Waals surface area contributed by atoms with Crippen LogP contribution in [0, 0.1) is 5.82 Å². The van der Waals surface area contributed by atoms with Gasteiger partial charge in [-0.2, -0.15) is 0 Å². The molecule has 3 aromatic rings. The molecule has 25 heavy (non-hydrogen) atoms. The van der Waals surface area contributed by atoms with Crippen molar-refractivity contribution in [2.75, 3.05) is 25.5 Å². The van der Waals surface area contributed by atoms with E-state index in [4.69, 9.17) is 0 Å². The highest BCUT2D eigenvalue weighted by Gasteiger charge is 2.12. The first-order chi connectivity index (χ1) is 12.0. The van der Waals surface area contributed by atoms with Crippen molar-refractivity contribution in [3.63, 3.8) is 0 Å². The summed E-state index contributed by atoms with van der Waals surface area (Å²) >= 11 is 0. The number of pyridine rings is 1. The number of hydrogen-bond acceptors (Lipinski definition) is 4. The molecule has 0 saturated heterocycles. The molecule has 130 valence electrons. The van der Waals surface area contributed by atoms with Gasteiger partial charge in [0.2, 0.25) is 0 Å². The maximum atomic E-state index is 13.8. The highest BCUT2D eigenvalue weighted by Crippen LogP contribution is 2.18. The Balaban J connectivity index is 1.67. The average Bonchev–Trinajstić information content (AvgIpc) is 2.93. The second kappa shape index (κ2) is 6.88. The van der Waals surface area contributed by atoms with Crippen LogP contribution in [0.4, 0.5) is 10.2 Å². The molecular weight excluding hydrogens is 321 g/mol. The number of para-hydroxylation sites is 1. The summed E-state index contributed by atoms with van der Waals surface area (Å²) in [6, 6.07) is 8.29. The number of fused-ring (bicyclic) bond motifs is 1. The number of benzene rings is 1. The lowest BCUT2D eigenvalue weighted by atomic mass is 10.2. The summed E-state index contributed by atoms with van der Waals surface area (Å²) in [4.78, 5) is 22.6. The molecule has 1 aromatic carbocycles. The Bertz CT molecular complexity index is 919. The van der Waals surface area contributed by atoms with Crippen LogP contribution in [0.5, 0.6) is 0 Å². The van der Waals surface area contributed by atoms with E-state index in [1.165, 1.54) is 6.07 Å². The quantitative estimate of drug-likeness (QED) is 0.772. The van der Waals surface area contributed by atoms with Gasteiger partial charge in [-0.1, -0.05) is 6.07 Å². The maximum Gasteiger partial charge on any atom is 0.251 e. The lowest BCUT2D eigenvalue weighted by molar-refractivity contribution is 0.0954. The molecule has 7 heteroatoms. The first-order valence-electron chi connectivity index (χ1n) is 7.99. The number of carbonyl (C=O) groups excluding carboxylic acids is 1. The summed E-state index contributed by atoms with van der Waals surface area (Å²) in [6.45, 7) is 0.414. The van der Waals surface area contributed by atoms with E-state index >= 15 is 0 Å². The Morgan fingerprint density at radius 2 is 2.12 bits per heavy atom. The molecule has 0 aliphatic heterocycles. The number of rotatable bonds is 5. The van der Waals surface area contributed by atoms with Crippen molar-refractivity contribution in [1.82, 2.24) is 19.9 Å². The third-order valence-corrected chi connectivity index (χ3v) is 4.05. The number of nitrogens with one attached hydrogen (secondary N) is 1. The van der Waals surface area contributed by atoms with Crippen molar-refractivity contribution < 1.29 is 9.18 Å². The van der Waals surface area contributed by atoms with Crippen molar-refractivity contribution in [3.8, 4) is 0 Å². The molecule has 0 saturated carbocycles. The molecule has 2 aromatic heterocycles. The fraction of sp³-hybridized carbons (Fsp3) is 0.278. The summed E-state index contributed by atoms with van der Waals surface area (Å²) in [5.41, 5.74) is 1.65. The van der Waals surface area contributed by atoms with Gasteiger partial charge in [-0.15, -0.1) is 0 Å². The molecular formula is C18H20FN5O. The molecule has 0 unspecified atom stereocenters. The van der Waals surface area contributed by atoms with E-state index in [2.05, 4.69) is 15.3 Å². The molecule has 0 fully saturated rings. The molecule has 1 N–H and O–H groups in total. The number of aromatic nitrogens is 3. The van der Waals surface area contributed by atoms with Crippen LogP contribution in [-0.2, 0) is 13.5 Å². The zero-order chi connectivity index (χ0) is 18.0. The Kier molecular flexibility index (Phi) is 4.65. The number of imidazole rings is 1. The van der Waals surface area contributed by atoms with Crippen molar-refractivity contribution in [2.45, 2.75) is 6.42 Å². The summed E-state index contributed by atoms with van der Waals surface area (Å²) in [7, 11) is 5.59. The normalized spacial score (nSPS) is 10.9. The van der Waals surface area contributed by atoms with Crippen LogP contribution >= 0.6 is 0 Å². The van der Waals surface area contributed by atoms with E-state index in [-0.39, 0.29) is 11.7 Å². The lowest BCUT2D eigenvalue weighted by Gasteiger charge is -2.12. The summed E-state index contributed by atoms with van der Waals surface area (Å²) < 4.78 is 15.6. The summed E-state index contributed by atoms with van der Waals surface area (Å²) in [5, 5.41) is 2.87. The predicted octanol–water partition coefficient (Wildman–Crippen LogP) is 2.15. The van der Waals surface area contributed by atoms with Gasteiger partial charge in [0.15, 0.2) is 5.82 Å². The molecule has 0 bridgehead atoms. The smallest absolute Gasteiger partial charge is 0.251 e. The first kappa shape index (κ1) is 16.9. The number of halogens is 1. The Hall–Kier alpha value is -2.96. The number of nitrogens with zero attached hydrogens (tertiary/aromatic N) is 4. The van der Waals surface area contributed by atoms with Gasteiger partial charge in [-0.25, -0.2) is 14.4 Å². The molecule has 1 amide bonds. The van der Waals surface area contributed by atoms with Crippen LogP contribution in [-0.4, -0.2) is 41.1 Å². The fourth-order valence-corrected chi connectivity index (χ4v) is 2.65. The van der Waals surface area contributed by atoms with E-state index in [1.807, 2.05) is 36.7 Å². The molecule has 0 aliphatic carbocycles. The molecule has 0 spiro atoms. The third-order valence-electron chi connectivity index (χ3n) is 4.05. The van der Waals surface area contributed by atoms with E-state index in [0.29, 0.717) is 24.0 Å². The Morgan fingerprint density at radius 3 is 2.84 bits per heavy atom. The van der Waals surface area contributed by atoms with Gasteiger partial charge >= 0.3 is 0 Å². The fourth-order valence-electron chi connectivity index (χ4n) is 2.65. The molecule has 2 heterocycles. The van der Waals surface area contributed by atoms with Crippen LogP contribution in [0.3, 0.4) is 0 Å². The van der Waals surface area contributed by atoms with Crippen LogP contribution < -0.4 is 10.2 Å². The minimum Gasteiger partial charge on any atom is -0.363 e.